The van der Waals surface area contributed by atoms with E-state index in [0.717, 1.165) is 58.4 Å². The molecule has 0 radical (unpaired) electrons. The molecule has 1 heterocycles. The molecule has 0 aromatic heterocycles. The van der Waals surface area contributed by atoms with E-state index >= 15 is 0 Å². The van der Waals surface area contributed by atoms with E-state index in [9.17, 15) is 4.79 Å². The Bertz CT molecular complexity index is 365. The van der Waals surface area contributed by atoms with Gasteiger partial charge < -0.3 is 16.0 Å². The van der Waals surface area contributed by atoms with Crippen molar-refractivity contribution in [3.63, 3.8) is 0 Å². The molecule has 1 aliphatic heterocycles. The molecule has 2 aliphatic rings. The molecule has 0 bridgehead atoms. The molecule has 120 valence electrons. The van der Waals surface area contributed by atoms with E-state index in [0.29, 0.717) is 17.5 Å². The van der Waals surface area contributed by atoms with Gasteiger partial charge in [0.05, 0.1) is 11.0 Å². The van der Waals surface area contributed by atoms with E-state index in [1.807, 2.05) is 0 Å². The molecule has 0 spiro atoms. The monoisotopic (exact) mass is 312 g/mol. The summed E-state index contributed by atoms with van der Waals surface area (Å²) in [5, 5.41) is 3.04. The van der Waals surface area contributed by atoms with Crippen molar-refractivity contribution < 1.29 is 4.79 Å². The third-order valence-corrected chi connectivity index (χ3v) is 4.61. The van der Waals surface area contributed by atoms with Gasteiger partial charge >= 0.3 is 0 Å². The van der Waals surface area contributed by atoms with Crippen LogP contribution in [0.2, 0.25) is 0 Å². The summed E-state index contributed by atoms with van der Waals surface area (Å²) < 4.78 is 0. The van der Waals surface area contributed by atoms with Gasteiger partial charge in [-0.05, 0) is 19.3 Å². The van der Waals surface area contributed by atoms with Gasteiger partial charge in [-0.3, -0.25) is 9.69 Å². The Hall–Kier alpha value is -0.720. The molecular formula is C15H28N4OS. The quantitative estimate of drug-likeness (QED) is 0.647. The second-order valence-corrected chi connectivity index (χ2v) is 6.65. The standard InChI is InChI=1S/C15H28N4OS/c1-2-3-13(15(16)21)19-10-8-18(9-11-19)7-6-14(20)17-12-4-5-12/h12-13H,2-11H2,1H3,(H2,16,21)(H,17,20). The highest BCUT2D eigenvalue weighted by Gasteiger charge is 2.26. The fraction of sp³-hybridized carbons (Fsp3) is 0.867. The van der Waals surface area contributed by atoms with Crippen molar-refractivity contribution in [1.29, 1.82) is 0 Å². The molecule has 1 amide bonds. The van der Waals surface area contributed by atoms with Crippen molar-refractivity contribution in [2.45, 2.75) is 51.1 Å². The minimum Gasteiger partial charge on any atom is -0.392 e. The van der Waals surface area contributed by atoms with Crippen molar-refractivity contribution in [2.75, 3.05) is 32.7 Å². The van der Waals surface area contributed by atoms with Crippen LogP contribution in [0.1, 0.15) is 39.0 Å². The maximum absolute atomic E-state index is 11.7. The number of amides is 1. The number of carbonyl (C=O) groups is 1. The summed E-state index contributed by atoms with van der Waals surface area (Å²) in [5.41, 5.74) is 5.86. The Balaban J connectivity index is 1.66. The number of thiocarbonyl (C=S) groups is 1. The van der Waals surface area contributed by atoms with E-state index in [1.54, 1.807) is 0 Å². The van der Waals surface area contributed by atoms with Crippen molar-refractivity contribution >= 4 is 23.1 Å². The average molecular weight is 312 g/mol. The lowest BCUT2D eigenvalue weighted by Crippen LogP contribution is -2.54. The minimum atomic E-state index is 0.201. The Kier molecular flexibility index (Phi) is 6.39. The molecule has 3 N–H and O–H groups in total. The summed E-state index contributed by atoms with van der Waals surface area (Å²) in [5.74, 6) is 0.201. The van der Waals surface area contributed by atoms with Crippen LogP contribution in [0, 0.1) is 0 Å². The van der Waals surface area contributed by atoms with Crippen LogP contribution in [-0.2, 0) is 4.79 Å². The first kappa shape index (κ1) is 16.6. The maximum Gasteiger partial charge on any atom is 0.221 e. The molecule has 1 saturated carbocycles. The van der Waals surface area contributed by atoms with Crippen LogP contribution < -0.4 is 11.1 Å². The highest BCUT2D eigenvalue weighted by molar-refractivity contribution is 7.80. The van der Waals surface area contributed by atoms with Crippen LogP contribution in [0.25, 0.3) is 0 Å². The lowest BCUT2D eigenvalue weighted by molar-refractivity contribution is -0.121. The minimum absolute atomic E-state index is 0.201. The zero-order chi connectivity index (χ0) is 15.2. The molecule has 1 saturated heterocycles. The SMILES string of the molecule is CCCC(C(N)=S)N1CCN(CCC(=O)NC2CC2)CC1. The molecule has 2 fully saturated rings. The molecule has 1 aliphatic carbocycles. The molecule has 1 atom stereocenters. The summed E-state index contributed by atoms with van der Waals surface area (Å²) in [6.45, 7) is 7.01. The predicted molar refractivity (Wildman–Crippen MR) is 89.3 cm³/mol. The van der Waals surface area contributed by atoms with Gasteiger partial charge in [0.2, 0.25) is 5.91 Å². The largest absolute Gasteiger partial charge is 0.392 e. The maximum atomic E-state index is 11.7. The zero-order valence-electron chi connectivity index (χ0n) is 13.0. The molecule has 21 heavy (non-hydrogen) atoms. The lowest BCUT2D eigenvalue weighted by Gasteiger charge is -2.38. The fourth-order valence-electron chi connectivity index (χ4n) is 2.86. The van der Waals surface area contributed by atoms with Gasteiger partial charge in [0.1, 0.15) is 0 Å². The van der Waals surface area contributed by atoms with Crippen LogP contribution in [0.5, 0.6) is 0 Å². The smallest absolute Gasteiger partial charge is 0.221 e. The summed E-state index contributed by atoms with van der Waals surface area (Å²) in [7, 11) is 0. The number of piperazine rings is 1. The summed E-state index contributed by atoms with van der Waals surface area (Å²) in [4.78, 5) is 17.1. The Morgan fingerprint density at radius 2 is 2.00 bits per heavy atom. The Morgan fingerprint density at radius 1 is 1.33 bits per heavy atom. The number of rotatable bonds is 8. The number of nitrogens with zero attached hydrogens (tertiary/aromatic N) is 2. The van der Waals surface area contributed by atoms with Crippen molar-refractivity contribution in [2.24, 2.45) is 5.73 Å². The molecule has 1 unspecified atom stereocenters. The fourth-order valence-corrected chi connectivity index (χ4v) is 3.13. The van der Waals surface area contributed by atoms with Gasteiger partial charge in [0, 0.05) is 45.2 Å². The van der Waals surface area contributed by atoms with Crippen LogP contribution in [0.15, 0.2) is 0 Å². The first-order chi connectivity index (χ1) is 10.1. The van der Waals surface area contributed by atoms with Crippen LogP contribution in [0.3, 0.4) is 0 Å². The highest BCUT2D eigenvalue weighted by Crippen LogP contribution is 2.18. The van der Waals surface area contributed by atoms with Gasteiger partial charge in [-0.1, -0.05) is 25.6 Å². The number of nitrogens with two attached hydrogens (primary N) is 1. The summed E-state index contributed by atoms with van der Waals surface area (Å²) >= 11 is 5.19. The van der Waals surface area contributed by atoms with Crippen molar-refractivity contribution in [3.8, 4) is 0 Å². The molecule has 2 rings (SSSR count). The van der Waals surface area contributed by atoms with Crippen LogP contribution in [0.4, 0.5) is 0 Å². The lowest BCUT2D eigenvalue weighted by atomic mass is 10.1. The topological polar surface area (TPSA) is 61.6 Å². The highest BCUT2D eigenvalue weighted by atomic mass is 32.1. The zero-order valence-corrected chi connectivity index (χ0v) is 13.8. The number of hydrogen-bond acceptors (Lipinski definition) is 4. The number of carbonyl (C=O) groups excluding carboxylic acids is 1. The number of hydrogen-bond donors (Lipinski definition) is 2. The van der Waals surface area contributed by atoms with Gasteiger partial charge in [0.15, 0.2) is 0 Å². The van der Waals surface area contributed by atoms with E-state index in [4.69, 9.17) is 18.0 Å². The Labute approximate surface area is 133 Å². The molecular weight excluding hydrogens is 284 g/mol. The normalized spacial score (nSPS) is 22.0. The predicted octanol–water partition coefficient (Wildman–Crippen LogP) is 0.728. The first-order valence-electron chi connectivity index (χ1n) is 8.15. The third kappa shape index (κ3) is 5.52. The number of nitrogens with one attached hydrogen (secondary N) is 1. The first-order valence-corrected chi connectivity index (χ1v) is 8.56. The molecule has 0 aromatic carbocycles. The average Bonchev–Trinajstić information content (AvgIpc) is 3.27. The van der Waals surface area contributed by atoms with Gasteiger partial charge in [-0.2, -0.15) is 0 Å². The summed E-state index contributed by atoms with van der Waals surface area (Å²) in [6.07, 6.45) is 5.07. The van der Waals surface area contributed by atoms with Crippen molar-refractivity contribution in [3.05, 3.63) is 0 Å². The third-order valence-electron chi connectivity index (χ3n) is 4.34. The Morgan fingerprint density at radius 3 is 2.52 bits per heavy atom. The van der Waals surface area contributed by atoms with Gasteiger partial charge in [-0.15, -0.1) is 0 Å². The van der Waals surface area contributed by atoms with Crippen LogP contribution in [-0.4, -0.2) is 65.5 Å². The van der Waals surface area contributed by atoms with E-state index in [2.05, 4.69) is 22.0 Å². The van der Waals surface area contributed by atoms with Crippen molar-refractivity contribution in [1.82, 2.24) is 15.1 Å². The van der Waals surface area contributed by atoms with E-state index in [-0.39, 0.29) is 11.9 Å². The summed E-state index contributed by atoms with van der Waals surface area (Å²) in [6, 6.07) is 0.708. The second kappa shape index (κ2) is 8.06. The van der Waals surface area contributed by atoms with Gasteiger partial charge in [-0.25, -0.2) is 0 Å². The van der Waals surface area contributed by atoms with Crippen LogP contribution >= 0.6 is 12.2 Å². The molecule has 0 aromatic rings. The van der Waals surface area contributed by atoms with Gasteiger partial charge in [0.25, 0.3) is 0 Å². The second-order valence-electron chi connectivity index (χ2n) is 6.18. The van der Waals surface area contributed by atoms with E-state index < -0.39 is 0 Å². The molecule has 5 nitrogen and oxygen atoms in total. The van der Waals surface area contributed by atoms with E-state index in [1.165, 1.54) is 0 Å². The molecule has 6 heteroatoms.